The smallest absolute Gasteiger partial charge is 0.158 e. The Kier molecular flexibility index (Phi) is 2.50. The molecule has 0 aliphatic rings. The van der Waals surface area contributed by atoms with E-state index in [1.54, 1.807) is 16.7 Å². The lowest BCUT2D eigenvalue weighted by molar-refractivity contribution is 0.547. The van der Waals surface area contributed by atoms with Gasteiger partial charge in [-0.1, -0.05) is 23.2 Å². The average molecular weight is 282 g/mol. The van der Waals surface area contributed by atoms with Crippen molar-refractivity contribution in [3.8, 4) is 11.5 Å². The second-order valence-electron chi connectivity index (χ2n) is 3.96. The summed E-state index contributed by atoms with van der Waals surface area (Å²) in [5.41, 5.74) is 7.16. The zero-order chi connectivity index (χ0) is 12.9. The molecule has 0 spiro atoms. The molecule has 92 valence electrons. The molecule has 3 heterocycles. The fourth-order valence-electron chi connectivity index (χ4n) is 1.83. The molecule has 0 aromatic carbocycles. The number of hydrogen-bond donors (Lipinski definition) is 1. The predicted molar refractivity (Wildman–Crippen MR) is 72.1 cm³/mol. The van der Waals surface area contributed by atoms with Crippen LogP contribution in [0.15, 0.2) is 28.8 Å². The molecular formula is C12H9Cl2N3O. The summed E-state index contributed by atoms with van der Waals surface area (Å²) in [5.74, 6) is 1.86. The summed E-state index contributed by atoms with van der Waals surface area (Å²) in [7, 11) is 0. The van der Waals surface area contributed by atoms with Crippen LogP contribution in [-0.4, -0.2) is 9.38 Å². The van der Waals surface area contributed by atoms with Crippen molar-refractivity contribution in [3.63, 3.8) is 0 Å². The summed E-state index contributed by atoms with van der Waals surface area (Å²) in [6.45, 7) is 1.86. The number of nitrogens with two attached hydrogens (primary N) is 1. The van der Waals surface area contributed by atoms with Gasteiger partial charge in [0.1, 0.15) is 17.3 Å². The minimum absolute atomic E-state index is 0.448. The number of anilines is 1. The zero-order valence-electron chi connectivity index (χ0n) is 9.45. The maximum atomic E-state index is 6.09. The Morgan fingerprint density at radius 1 is 1.33 bits per heavy atom. The van der Waals surface area contributed by atoms with Gasteiger partial charge in [-0.25, -0.2) is 4.98 Å². The molecule has 0 aliphatic carbocycles. The fourth-order valence-corrected chi connectivity index (χ4v) is 2.35. The number of hydrogen-bond acceptors (Lipinski definition) is 3. The Morgan fingerprint density at radius 3 is 2.78 bits per heavy atom. The van der Waals surface area contributed by atoms with Crippen LogP contribution in [-0.2, 0) is 0 Å². The molecule has 2 N–H and O–H groups in total. The van der Waals surface area contributed by atoms with E-state index in [4.69, 9.17) is 33.4 Å². The molecule has 0 amide bonds. The lowest BCUT2D eigenvalue weighted by atomic mass is 10.3. The first-order valence-electron chi connectivity index (χ1n) is 5.25. The van der Waals surface area contributed by atoms with Gasteiger partial charge in [0.15, 0.2) is 11.4 Å². The predicted octanol–water partition coefficient (Wildman–Crippen LogP) is 3.79. The number of nitrogen functional groups attached to an aromatic ring is 1. The van der Waals surface area contributed by atoms with Gasteiger partial charge in [-0.3, -0.25) is 4.40 Å². The van der Waals surface area contributed by atoms with E-state index in [1.807, 2.05) is 19.1 Å². The maximum Gasteiger partial charge on any atom is 0.158 e. The summed E-state index contributed by atoms with van der Waals surface area (Å²) in [5, 5.41) is 0.947. The van der Waals surface area contributed by atoms with Crippen LogP contribution < -0.4 is 5.73 Å². The van der Waals surface area contributed by atoms with Gasteiger partial charge < -0.3 is 10.2 Å². The second kappa shape index (κ2) is 3.93. The van der Waals surface area contributed by atoms with E-state index < -0.39 is 0 Å². The van der Waals surface area contributed by atoms with Crippen LogP contribution in [0.5, 0.6) is 0 Å². The number of furan rings is 1. The Hall–Kier alpha value is -1.65. The van der Waals surface area contributed by atoms with Crippen molar-refractivity contribution in [2.24, 2.45) is 0 Å². The molecule has 3 aromatic rings. The van der Waals surface area contributed by atoms with Crippen LogP contribution in [0.4, 0.5) is 5.82 Å². The van der Waals surface area contributed by atoms with E-state index in [-0.39, 0.29) is 0 Å². The third-order valence-corrected chi connectivity index (χ3v) is 3.14. The number of imidazole rings is 1. The molecule has 4 nitrogen and oxygen atoms in total. The fraction of sp³-hybridized carbons (Fsp3) is 0.0833. The summed E-state index contributed by atoms with van der Waals surface area (Å²) < 4.78 is 7.17. The van der Waals surface area contributed by atoms with Crippen LogP contribution in [0.3, 0.4) is 0 Å². The third-order valence-electron chi connectivity index (χ3n) is 2.65. The average Bonchev–Trinajstić information content (AvgIpc) is 2.85. The lowest BCUT2D eigenvalue weighted by Gasteiger charge is -1.99. The molecule has 3 rings (SSSR count). The molecule has 0 atom stereocenters. The Labute approximate surface area is 113 Å². The molecule has 0 saturated heterocycles. The van der Waals surface area contributed by atoms with Gasteiger partial charge in [-0.05, 0) is 25.1 Å². The quantitative estimate of drug-likeness (QED) is 0.738. The molecule has 0 unspecified atom stereocenters. The van der Waals surface area contributed by atoms with Crippen LogP contribution in [0, 0.1) is 6.92 Å². The molecule has 0 radical (unpaired) electrons. The summed E-state index contributed by atoms with van der Waals surface area (Å²) in [4.78, 5) is 4.39. The van der Waals surface area contributed by atoms with Crippen molar-refractivity contribution < 1.29 is 4.42 Å². The molecule has 0 aliphatic heterocycles. The first-order valence-corrected chi connectivity index (χ1v) is 6.01. The van der Waals surface area contributed by atoms with Gasteiger partial charge in [0.05, 0.1) is 10.0 Å². The molecule has 0 bridgehead atoms. The normalized spacial score (nSPS) is 11.3. The number of rotatable bonds is 1. The van der Waals surface area contributed by atoms with Crippen molar-refractivity contribution in [2.45, 2.75) is 6.92 Å². The third kappa shape index (κ3) is 1.65. The monoisotopic (exact) mass is 281 g/mol. The Bertz CT molecular complexity index is 745. The number of fused-ring (bicyclic) bond motifs is 1. The van der Waals surface area contributed by atoms with Gasteiger partial charge in [0.2, 0.25) is 0 Å². The van der Waals surface area contributed by atoms with Crippen LogP contribution in [0.25, 0.3) is 17.1 Å². The van der Waals surface area contributed by atoms with Crippen molar-refractivity contribution in [1.29, 1.82) is 0 Å². The van der Waals surface area contributed by atoms with E-state index in [0.717, 1.165) is 5.76 Å². The van der Waals surface area contributed by atoms with Gasteiger partial charge >= 0.3 is 0 Å². The number of aromatic nitrogens is 2. The standard InChI is InChI=1S/C12H9Cl2N3O/c1-6-2-3-9(18-6)10-11(15)17-5-7(13)4-8(14)12(17)16-10/h2-5H,15H2,1H3. The van der Waals surface area contributed by atoms with Crippen molar-refractivity contribution in [1.82, 2.24) is 9.38 Å². The van der Waals surface area contributed by atoms with Gasteiger partial charge in [-0.2, -0.15) is 0 Å². The van der Waals surface area contributed by atoms with Gasteiger partial charge in [0.25, 0.3) is 0 Å². The summed E-state index contributed by atoms with van der Waals surface area (Å²) >= 11 is 12.0. The van der Waals surface area contributed by atoms with Crippen LogP contribution in [0.2, 0.25) is 10.0 Å². The van der Waals surface area contributed by atoms with E-state index >= 15 is 0 Å². The van der Waals surface area contributed by atoms with E-state index in [0.29, 0.717) is 33.0 Å². The highest BCUT2D eigenvalue weighted by molar-refractivity contribution is 6.36. The maximum absolute atomic E-state index is 6.09. The highest BCUT2D eigenvalue weighted by Gasteiger charge is 2.16. The van der Waals surface area contributed by atoms with Gasteiger partial charge in [0, 0.05) is 6.20 Å². The van der Waals surface area contributed by atoms with Crippen molar-refractivity contribution in [3.05, 3.63) is 40.2 Å². The van der Waals surface area contributed by atoms with E-state index in [2.05, 4.69) is 4.98 Å². The van der Waals surface area contributed by atoms with Crippen molar-refractivity contribution >= 4 is 34.7 Å². The topological polar surface area (TPSA) is 56.5 Å². The first-order chi connectivity index (χ1) is 8.56. The number of pyridine rings is 1. The number of halogens is 2. The zero-order valence-corrected chi connectivity index (χ0v) is 11.0. The number of aryl methyl sites for hydroxylation is 1. The number of nitrogens with zero attached hydrogens (tertiary/aromatic N) is 2. The van der Waals surface area contributed by atoms with E-state index in [1.165, 1.54) is 0 Å². The minimum atomic E-state index is 0.448. The largest absolute Gasteiger partial charge is 0.460 e. The summed E-state index contributed by atoms with van der Waals surface area (Å²) in [6, 6.07) is 5.30. The second-order valence-corrected chi connectivity index (χ2v) is 4.80. The minimum Gasteiger partial charge on any atom is -0.460 e. The highest BCUT2D eigenvalue weighted by atomic mass is 35.5. The SMILES string of the molecule is Cc1ccc(-c2nc3c(Cl)cc(Cl)cn3c2N)o1. The lowest BCUT2D eigenvalue weighted by Crippen LogP contribution is -1.94. The Morgan fingerprint density at radius 2 is 2.11 bits per heavy atom. The summed E-state index contributed by atoms with van der Waals surface area (Å²) in [6.07, 6.45) is 1.67. The highest BCUT2D eigenvalue weighted by Crippen LogP contribution is 2.31. The Balaban J connectivity index is 2.32. The molecule has 18 heavy (non-hydrogen) atoms. The molecule has 0 saturated carbocycles. The molecule has 6 heteroatoms. The van der Waals surface area contributed by atoms with Gasteiger partial charge in [-0.15, -0.1) is 0 Å². The first kappa shape index (κ1) is 11.4. The van der Waals surface area contributed by atoms with Crippen LogP contribution in [0.1, 0.15) is 5.76 Å². The van der Waals surface area contributed by atoms with E-state index in [9.17, 15) is 0 Å². The molecule has 3 aromatic heterocycles. The van der Waals surface area contributed by atoms with Crippen LogP contribution >= 0.6 is 23.2 Å². The van der Waals surface area contributed by atoms with Crippen molar-refractivity contribution in [2.75, 3.05) is 5.73 Å². The molecule has 0 fully saturated rings. The molecular weight excluding hydrogens is 273 g/mol.